The fourth-order valence-electron chi connectivity index (χ4n) is 2.37. The van der Waals surface area contributed by atoms with E-state index in [4.69, 9.17) is 40.6 Å². The number of amides is 1. The maximum absolute atomic E-state index is 12.2. The minimum absolute atomic E-state index is 0.00260. The molecule has 1 fully saturated rings. The van der Waals surface area contributed by atoms with Crippen LogP contribution in [0.1, 0.15) is 19.4 Å². The van der Waals surface area contributed by atoms with Crippen molar-refractivity contribution in [3.05, 3.63) is 42.0 Å². The molecule has 1 saturated heterocycles. The fourth-order valence-corrected chi connectivity index (χ4v) is 3.59. The van der Waals surface area contributed by atoms with E-state index >= 15 is 0 Å². The number of allylic oxidation sites excluding steroid dienone is 2. The third-order valence-corrected chi connectivity index (χ3v) is 5.76. The zero-order valence-corrected chi connectivity index (χ0v) is 20.3. The maximum Gasteiger partial charge on any atom is 0.252 e. The predicted octanol–water partition coefficient (Wildman–Crippen LogP) is 3.81. The minimum atomic E-state index is -0.405. The van der Waals surface area contributed by atoms with Crippen LogP contribution < -0.4 is 9.47 Å². The summed E-state index contributed by atoms with van der Waals surface area (Å²) in [5.74, 6) is 1.69. The van der Waals surface area contributed by atoms with Crippen LogP contribution in [0.3, 0.4) is 0 Å². The summed E-state index contributed by atoms with van der Waals surface area (Å²) in [7, 11) is 3.10. The molecule has 176 valence electrons. The van der Waals surface area contributed by atoms with Crippen LogP contribution in [0.2, 0.25) is 0 Å². The van der Waals surface area contributed by atoms with E-state index in [0.717, 1.165) is 11.3 Å². The van der Waals surface area contributed by atoms with Crippen molar-refractivity contribution in [2.45, 2.75) is 26.4 Å². The predicted molar refractivity (Wildman–Crippen MR) is 127 cm³/mol. The number of thiocarbonyl (C=S) groups is 1. The summed E-state index contributed by atoms with van der Waals surface area (Å²) in [6.45, 7) is 4.16. The molecule has 1 amide bonds. The number of ether oxygens (including phenoxy) is 6. The molecule has 2 atom stereocenters. The topological polar surface area (TPSA) is 75.7 Å². The van der Waals surface area contributed by atoms with Crippen molar-refractivity contribution in [2.75, 3.05) is 40.1 Å². The average molecular weight is 484 g/mol. The van der Waals surface area contributed by atoms with E-state index in [0.29, 0.717) is 22.4 Å². The van der Waals surface area contributed by atoms with Gasteiger partial charge < -0.3 is 28.4 Å². The molecule has 2 rings (SSSR count). The van der Waals surface area contributed by atoms with Gasteiger partial charge in [-0.25, -0.2) is 0 Å². The van der Waals surface area contributed by atoms with Gasteiger partial charge in [0.1, 0.15) is 4.32 Å². The van der Waals surface area contributed by atoms with Gasteiger partial charge in [0.05, 0.1) is 0 Å². The van der Waals surface area contributed by atoms with Gasteiger partial charge in [0.15, 0.2) is 37.7 Å². The highest BCUT2D eigenvalue weighted by atomic mass is 32.2. The van der Waals surface area contributed by atoms with Gasteiger partial charge in [-0.2, -0.15) is 0 Å². The molecule has 32 heavy (non-hydrogen) atoms. The molecule has 0 bridgehead atoms. The SMILES string of the molecule is COC(C)OCOc1ccc(C=CC=CC(=O)N2CCSC2=S)cc1OCOC(C)OC. The summed E-state index contributed by atoms with van der Waals surface area (Å²) >= 11 is 6.68. The number of methoxy groups -OCH3 is 2. The quantitative estimate of drug-likeness (QED) is 0.180. The lowest BCUT2D eigenvalue weighted by Crippen LogP contribution is -2.28. The lowest BCUT2D eigenvalue weighted by molar-refractivity contribution is -0.155. The third-order valence-electron chi connectivity index (χ3n) is 4.33. The summed E-state index contributed by atoms with van der Waals surface area (Å²) in [5, 5.41) is 0. The second-order valence-corrected chi connectivity index (χ2v) is 8.22. The first kappa shape index (κ1) is 26.3. The minimum Gasteiger partial charge on any atom is -0.464 e. The normalized spacial score (nSPS) is 16.1. The molecule has 0 saturated carbocycles. The fraction of sp³-hybridized carbons (Fsp3) is 0.455. The van der Waals surface area contributed by atoms with Crippen molar-refractivity contribution in [1.82, 2.24) is 4.90 Å². The van der Waals surface area contributed by atoms with Gasteiger partial charge in [0.25, 0.3) is 5.91 Å². The molecule has 0 radical (unpaired) electrons. The molecule has 0 N–H and O–H groups in total. The van der Waals surface area contributed by atoms with Gasteiger partial charge in [-0.05, 0) is 31.5 Å². The van der Waals surface area contributed by atoms with E-state index in [1.165, 1.54) is 17.8 Å². The van der Waals surface area contributed by atoms with E-state index in [2.05, 4.69) is 0 Å². The zero-order valence-electron chi connectivity index (χ0n) is 18.6. The maximum atomic E-state index is 12.2. The van der Waals surface area contributed by atoms with Gasteiger partial charge in [0, 0.05) is 32.6 Å². The van der Waals surface area contributed by atoms with Crippen molar-refractivity contribution in [2.24, 2.45) is 0 Å². The Morgan fingerprint density at radius 3 is 2.34 bits per heavy atom. The van der Waals surface area contributed by atoms with Crippen LogP contribution in [0.15, 0.2) is 36.4 Å². The number of carbonyl (C=O) groups excluding carboxylic acids is 1. The average Bonchev–Trinajstić information content (AvgIpc) is 3.23. The number of hydrogen-bond acceptors (Lipinski definition) is 9. The van der Waals surface area contributed by atoms with Crippen LogP contribution in [0.5, 0.6) is 11.5 Å². The molecule has 2 unspecified atom stereocenters. The summed E-state index contributed by atoms with van der Waals surface area (Å²) in [6.07, 6.45) is 6.00. The van der Waals surface area contributed by atoms with E-state index in [9.17, 15) is 4.79 Å². The first-order valence-electron chi connectivity index (χ1n) is 9.96. The van der Waals surface area contributed by atoms with Crippen LogP contribution in [0.4, 0.5) is 0 Å². The standard InChI is InChI=1S/C22H29NO7S2/c1-16(25-3)27-14-29-19-10-9-18(13-20(19)30-15-28-17(2)26-4)7-5-6-8-21(24)23-11-12-32-22(23)31/h5-10,13,16-17H,11-12,14-15H2,1-4H3. The molecule has 1 aromatic carbocycles. The third kappa shape index (κ3) is 8.89. The van der Waals surface area contributed by atoms with Crippen molar-refractivity contribution >= 4 is 40.3 Å². The Bertz CT molecular complexity index is 815. The summed E-state index contributed by atoms with van der Waals surface area (Å²) in [5.41, 5.74) is 0.850. The molecule has 1 aliphatic heterocycles. The largest absolute Gasteiger partial charge is 0.464 e. The van der Waals surface area contributed by atoms with Crippen LogP contribution in [0, 0.1) is 0 Å². The number of carbonyl (C=O) groups is 1. The van der Waals surface area contributed by atoms with Crippen molar-refractivity contribution in [1.29, 1.82) is 0 Å². The van der Waals surface area contributed by atoms with Gasteiger partial charge in [-0.15, -0.1) is 0 Å². The highest BCUT2D eigenvalue weighted by Crippen LogP contribution is 2.29. The second-order valence-electron chi connectivity index (χ2n) is 6.49. The Hall–Kier alpha value is -1.95. The Labute approximate surface area is 198 Å². The molecule has 0 aliphatic carbocycles. The van der Waals surface area contributed by atoms with Crippen molar-refractivity contribution < 1.29 is 33.2 Å². The summed E-state index contributed by atoms with van der Waals surface area (Å²) < 4.78 is 32.8. The molecule has 1 aromatic rings. The molecule has 10 heteroatoms. The van der Waals surface area contributed by atoms with Crippen molar-refractivity contribution in [3.63, 3.8) is 0 Å². The Balaban J connectivity index is 2.01. The van der Waals surface area contributed by atoms with E-state index in [-0.39, 0.29) is 19.5 Å². The molecule has 0 spiro atoms. The van der Waals surface area contributed by atoms with Gasteiger partial charge >= 0.3 is 0 Å². The van der Waals surface area contributed by atoms with Gasteiger partial charge in [0.2, 0.25) is 0 Å². The molecular weight excluding hydrogens is 454 g/mol. The molecule has 0 aromatic heterocycles. The number of hydrogen-bond donors (Lipinski definition) is 0. The Morgan fingerprint density at radius 2 is 1.75 bits per heavy atom. The smallest absolute Gasteiger partial charge is 0.252 e. The van der Waals surface area contributed by atoms with Gasteiger partial charge in [-0.1, -0.05) is 48.3 Å². The number of thioether (sulfide) groups is 1. The lowest BCUT2D eigenvalue weighted by Gasteiger charge is -2.16. The molecule has 8 nitrogen and oxygen atoms in total. The van der Waals surface area contributed by atoms with Crippen LogP contribution in [0.25, 0.3) is 6.08 Å². The van der Waals surface area contributed by atoms with Crippen LogP contribution in [-0.2, 0) is 23.7 Å². The second kappa shape index (κ2) is 14.2. The number of rotatable bonds is 13. The van der Waals surface area contributed by atoms with Crippen molar-refractivity contribution in [3.8, 4) is 11.5 Å². The summed E-state index contributed by atoms with van der Waals surface area (Å²) in [4.78, 5) is 13.8. The first-order chi connectivity index (χ1) is 15.4. The number of nitrogens with zero attached hydrogens (tertiary/aromatic N) is 1. The van der Waals surface area contributed by atoms with Crippen LogP contribution in [-0.4, -0.2) is 67.8 Å². The van der Waals surface area contributed by atoms with E-state index in [1.54, 1.807) is 57.3 Å². The first-order valence-corrected chi connectivity index (χ1v) is 11.4. The highest BCUT2D eigenvalue weighted by molar-refractivity contribution is 8.23. The van der Waals surface area contributed by atoms with E-state index in [1.807, 2.05) is 12.1 Å². The number of benzene rings is 1. The summed E-state index contributed by atoms with van der Waals surface area (Å²) in [6, 6.07) is 5.43. The Kier molecular flexibility index (Phi) is 11.7. The Morgan fingerprint density at radius 1 is 1.09 bits per heavy atom. The molecule has 1 heterocycles. The molecule has 1 aliphatic rings. The molecular formula is C22H29NO7S2. The van der Waals surface area contributed by atoms with E-state index < -0.39 is 12.6 Å². The highest BCUT2D eigenvalue weighted by Gasteiger charge is 2.21. The van der Waals surface area contributed by atoms with Crippen LogP contribution >= 0.6 is 24.0 Å². The van der Waals surface area contributed by atoms with Gasteiger partial charge in [-0.3, -0.25) is 9.69 Å². The monoisotopic (exact) mass is 483 g/mol. The zero-order chi connectivity index (χ0) is 23.3. The lowest BCUT2D eigenvalue weighted by atomic mass is 10.2.